The van der Waals surface area contributed by atoms with Crippen molar-refractivity contribution >= 4 is 49.5 Å². The molecule has 2 aliphatic heterocycles. The van der Waals surface area contributed by atoms with Gasteiger partial charge in [-0.2, -0.15) is 0 Å². The molecule has 2 fully saturated rings. The third-order valence-electron chi connectivity index (χ3n) is 11.9. The standard InChI is InChI=1S/C41H72O9.Ca/c1-25(21-29(5)34(43)24-35(44)30(6)22-27(3)20-26(2)14-15-38(46)47)12-11-13-28(4)39(48)31(7)36(45)23-33-16-18-41(10,49-33)37-17-19-40(9,50-37)32(8)42;/h11,13,24-33,36-37,39,42-43,45,48H,12,14-23H2,1-10H3,(H,46,47);/q;+2/p-2/b13-11+,34-24-;/t25-,26-,27-,28-,29-,30-,31+,32-,33+,36+,37-,39-,40+,41+;/m1./s1. The monoisotopic (exact) mass is 746 g/mol. The van der Waals surface area contributed by atoms with Crippen molar-refractivity contribution in [3.63, 3.8) is 0 Å². The first kappa shape index (κ1) is 48.5. The van der Waals surface area contributed by atoms with Crippen LogP contribution in [0.25, 0.3) is 0 Å². The molecule has 2 saturated heterocycles. The second-order valence-electron chi connectivity index (χ2n) is 17.1. The molecule has 290 valence electrons. The van der Waals surface area contributed by atoms with Gasteiger partial charge < -0.3 is 39.8 Å². The molecule has 0 aliphatic carbocycles. The number of hydrogen-bond acceptors (Lipinski definition) is 9. The SMILES string of the molecule is C[C@H](CCC(=O)[O-])C[C@@H](C)C[C@@H](C)C(=O)/C=C(\[O-])[C@H](C)C[C@H](C)C/C=C/[C@@H](C)[C@@H](O)[C@@H](C)[C@@H](O)C[C@@H]1CC[C@@](C)([C@H]2CC[C@@](C)([C@@H](C)O)O2)O1.[Ca+2]. The van der Waals surface area contributed by atoms with Crippen molar-refractivity contribution in [3.8, 4) is 0 Å². The van der Waals surface area contributed by atoms with Crippen molar-refractivity contribution < 1.29 is 44.6 Å². The number of ether oxygens (including phenoxy) is 2. The molecule has 51 heavy (non-hydrogen) atoms. The molecule has 2 heterocycles. The van der Waals surface area contributed by atoms with Gasteiger partial charge in [0.25, 0.3) is 0 Å². The topological polar surface area (TPSA) is 159 Å². The van der Waals surface area contributed by atoms with E-state index in [2.05, 4.69) is 20.8 Å². The summed E-state index contributed by atoms with van der Waals surface area (Å²) in [6, 6.07) is 0. The van der Waals surface area contributed by atoms with Gasteiger partial charge in [-0.3, -0.25) is 4.79 Å². The van der Waals surface area contributed by atoms with Crippen LogP contribution in [0.2, 0.25) is 0 Å². The Hall–Kier alpha value is -0.520. The molecule has 0 unspecified atom stereocenters. The van der Waals surface area contributed by atoms with Crippen LogP contribution in [0.3, 0.4) is 0 Å². The maximum atomic E-state index is 12.9. The van der Waals surface area contributed by atoms with E-state index in [1.807, 2.05) is 53.7 Å². The fourth-order valence-corrected chi connectivity index (χ4v) is 8.00. The van der Waals surface area contributed by atoms with Gasteiger partial charge in [-0.15, -0.1) is 5.76 Å². The molecule has 2 rings (SSSR count). The summed E-state index contributed by atoms with van der Waals surface area (Å²) in [5.41, 5.74) is -1.02. The van der Waals surface area contributed by atoms with Crippen LogP contribution in [-0.2, 0) is 19.1 Å². The molecule has 0 aromatic rings. The second kappa shape index (κ2) is 22.1. The zero-order valence-corrected chi connectivity index (χ0v) is 35.6. The largest absolute Gasteiger partial charge is 2.00 e. The summed E-state index contributed by atoms with van der Waals surface area (Å²) in [4.78, 5) is 23.5. The van der Waals surface area contributed by atoms with Gasteiger partial charge in [0.15, 0.2) is 5.78 Å². The average molecular weight is 747 g/mol. The molecular formula is C41H70CaO9. The number of carbonyl (C=O) groups excluding carboxylic acids is 2. The number of rotatable bonds is 22. The second-order valence-corrected chi connectivity index (χ2v) is 17.1. The number of aliphatic hydroxyl groups is 3. The Balaban J connectivity index is 0.0000130. The zero-order chi connectivity index (χ0) is 38.0. The normalized spacial score (nSPS) is 30.1. The number of carboxylic acid groups (broad SMARTS) is 1. The molecule has 9 nitrogen and oxygen atoms in total. The molecule has 14 atom stereocenters. The summed E-state index contributed by atoms with van der Waals surface area (Å²) in [7, 11) is 0. The van der Waals surface area contributed by atoms with Crippen molar-refractivity contribution in [1.82, 2.24) is 0 Å². The first-order valence-electron chi connectivity index (χ1n) is 19.4. The van der Waals surface area contributed by atoms with E-state index in [-0.39, 0.29) is 109 Å². The van der Waals surface area contributed by atoms with Crippen LogP contribution in [0.15, 0.2) is 24.0 Å². The summed E-state index contributed by atoms with van der Waals surface area (Å²) in [6.45, 7) is 19.4. The maximum absolute atomic E-state index is 12.9. The summed E-state index contributed by atoms with van der Waals surface area (Å²) in [5, 5.41) is 55.9. The predicted octanol–water partition coefficient (Wildman–Crippen LogP) is 4.89. The van der Waals surface area contributed by atoms with Gasteiger partial charge in [0.2, 0.25) is 0 Å². The molecule has 2 aliphatic rings. The van der Waals surface area contributed by atoms with Crippen molar-refractivity contribution in [3.05, 3.63) is 24.0 Å². The van der Waals surface area contributed by atoms with E-state index in [0.717, 1.165) is 38.5 Å². The van der Waals surface area contributed by atoms with Crippen molar-refractivity contribution in [2.45, 2.75) is 182 Å². The molecule has 0 aromatic heterocycles. The molecule has 0 spiro atoms. The predicted molar refractivity (Wildman–Crippen MR) is 198 cm³/mol. The fourth-order valence-electron chi connectivity index (χ4n) is 8.00. The third kappa shape index (κ3) is 15.6. The van der Waals surface area contributed by atoms with Crippen LogP contribution in [-0.4, -0.2) is 107 Å². The number of aliphatic hydroxyl groups excluding tert-OH is 3. The molecular weight excluding hydrogens is 677 g/mol. The fraction of sp³-hybridized carbons (Fsp3) is 0.854. The summed E-state index contributed by atoms with van der Waals surface area (Å²) >= 11 is 0. The summed E-state index contributed by atoms with van der Waals surface area (Å²) < 4.78 is 12.7. The maximum Gasteiger partial charge on any atom is 2.00 e. The molecule has 0 amide bonds. The molecule has 0 saturated carbocycles. The Morgan fingerprint density at radius 2 is 1.47 bits per heavy atom. The number of hydrogen-bond donors (Lipinski definition) is 3. The van der Waals surface area contributed by atoms with Crippen molar-refractivity contribution in [2.75, 3.05) is 0 Å². The van der Waals surface area contributed by atoms with E-state index in [9.17, 15) is 35.1 Å². The molecule has 0 radical (unpaired) electrons. The van der Waals surface area contributed by atoms with Gasteiger partial charge >= 0.3 is 37.7 Å². The van der Waals surface area contributed by atoms with Crippen molar-refractivity contribution in [2.24, 2.45) is 41.4 Å². The average Bonchev–Trinajstić information content (AvgIpc) is 3.63. The minimum absolute atomic E-state index is 0. The molecule has 3 N–H and O–H groups in total. The van der Waals surface area contributed by atoms with E-state index in [1.165, 1.54) is 6.08 Å². The number of carbonyl (C=O) groups is 2. The van der Waals surface area contributed by atoms with E-state index in [0.29, 0.717) is 25.7 Å². The third-order valence-corrected chi connectivity index (χ3v) is 11.9. The minimum atomic E-state index is -1.04. The summed E-state index contributed by atoms with van der Waals surface area (Å²) in [5.74, 6) is -1.73. The van der Waals surface area contributed by atoms with Gasteiger partial charge in [0.05, 0.1) is 41.7 Å². The smallest absolute Gasteiger partial charge is 0.875 e. The Labute approximate surface area is 339 Å². The zero-order valence-electron chi connectivity index (χ0n) is 33.4. The number of ketones is 1. The minimum Gasteiger partial charge on any atom is -0.875 e. The van der Waals surface area contributed by atoms with Crippen LogP contribution >= 0.6 is 0 Å². The molecule has 0 bridgehead atoms. The van der Waals surface area contributed by atoms with Gasteiger partial charge in [0.1, 0.15) is 0 Å². The molecule has 10 heteroatoms. The number of carboxylic acids is 1. The van der Waals surface area contributed by atoms with E-state index >= 15 is 0 Å². The van der Waals surface area contributed by atoms with Crippen LogP contribution in [0.5, 0.6) is 0 Å². The van der Waals surface area contributed by atoms with Crippen molar-refractivity contribution in [1.29, 1.82) is 0 Å². The first-order chi connectivity index (χ1) is 23.2. The van der Waals surface area contributed by atoms with Gasteiger partial charge in [0, 0.05) is 23.7 Å². The Kier molecular flexibility index (Phi) is 21.1. The first-order valence-corrected chi connectivity index (χ1v) is 19.4. The Morgan fingerprint density at radius 3 is 2.06 bits per heavy atom. The van der Waals surface area contributed by atoms with E-state index in [4.69, 9.17) is 9.47 Å². The van der Waals surface area contributed by atoms with Gasteiger partial charge in [-0.25, -0.2) is 0 Å². The van der Waals surface area contributed by atoms with Crippen LogP contribution in [0.4, 0.5) is 0 Å². The van der Waals surface area contributed by atoms with Gasteiger partial charge in [-0.05, 0) is 121 Å². The van der Waals surface area contributed by atoms with Crippen LogP contribution < -0.4 is 10.2 Å². The Morgan fingerprint density at radius 1 is 0.843 bits per heavy atom. The van der Waals surface area contributed by atoms with E-state index in [1.54, 1.807) is 6.92 Å². The number of aliphatic carboxylic acids is 1. The van der Waals surface area contributed by atoms with E-state index < -0.39 is 35.5 Å². The summed E-state index contributed by atoms with van der Waals surface area (Å²) in [6.07, 6.45) is 10.2. The van der Waals surface area contributed by atoms with Gasteiger partial charge in [-0.1, -0.05) is 60.6 Å². The van der Waals surface area contributed by atoms with Crippen LogP contribution in [0.1, 0.15) is 140 Å². The number of allylic oxidation sites excluding steroid dienone is 3. The quantitative estimate of drug-likeness (QED) is 0.0607. The Bertz CT molecular complexity index is 1130. The molecule has 0 aromatic carbocycles. The van der Waals surface area contributed by atoms with Crippen LogP contribution in [0, 0.1) is 41.4 Å².